The summed E-state index contributed by atoms with van der Waals surface area (Å²) in [6, 6.07) is 2.83. The normalized spacial score (nSPS) is 22.7. The van der Waals surface area contributed by atoms with Gasteiger partial charge in [-0.1, -0.05) is 31.0 Å². The van der Waals surface area contributed by atoms with E-state index in [0.717, 1.165) is 42.3 Å². The van der Waals surface area contributed by atoms with Gasteiger partial charge in [-0.05, 0) is 83.0 Å². The second-order valence-electron chi connectivity index (χ2n) is 11.7. The molecule has 0 aromatic heterocycles. The Bertz CT molecular complexity index is 1160. The van der Waals surface area contributed by atoms with E-state index in [2.05, 4.69) is 15.5 Å². The van der Waals surface area contributed by atoms with Crippen LogP contribution in [0.25, 0.3) is 0 Å². The fourth-order valence-electron chi connectivity index (χ4n) is 6.22. The van der Waals surface area contributed by atoms with Crippen molar-refractivity contribution in [2.24, 2.45) is 5.92 Å². The molecule has 0 radical (unpaired) electrons. The fraction of sp³-hybridized carbons (Fsp3) is 0.690. The lowest BCUT2D eigenvalue weighted by Crippen LogP contribution is -2.60. The van der Waals surface area contributed by atoms with Gasteiger partial charge in [0.2, 0.25) is 15.9 Å². The van der Waals surface area contributed by atoms with Crippen LogP contribution in [0.4, 0.5) is 4.79 Å². The summed E-state index contributed by atoms with van der Waals surface area (Å²) in [6.45, 7) is 8.37. The highest BCUT2D eigenvalue weighted by atomic mass is 32.2. The highest BCUT2D eigenvalue weighted by Crippen LogP contribution is 2.27. The van der Waals surface area contributed by atoms with Crippen LogP contribution >= 0.6 is 0 Å². The van der Waals surface area contributed by atoms with Gasteiger partial charge in [0, 0.05) is 26.2 Å². The number of urea groups is 1. The zero-order valence-corrected chi connectivity index (χ0v) is 25.1. The first-order valence-corrected chi connectivity index (χ1v) is 16.4. The zero-order valence-electron chi connectivity index (χ0n) is 24.3. The van der Waals surface area contributed by atoms with Gasteiger partial charge in [-0.2, -0.15) is 4.31 Å². The van der Waals surface area contributed by atoms with Crippen molar-refractivity contribution in [3.05, 3.63) is 29.8 Å². The summed E-state index contributed by atoms with van der Waals surface area (Å²) in [5, 5.41) is 15.4. The molecule has 228 valence electrons. The van der Waals surface area contributed by atoms with Gasteiger partial charge in [0.15, 0.2) is 0 Å². The van der Waals surface area contributed by atoms with Crippen LogP contribution < -0.4 is 10.6 Å². The van der Waals surface area contributed by atoms with Gasteiger partial charge in [-0.25, -0.2) is 18.0 Å². The van der Waals surface area contributed by atoms with Crippen LogP contribution in [0.2, 0.25) is 0 Å². The summed E-state index contributed by atoms with van der Waals surface area (Å²) in [7, 11) is -3.93. The Morgan fingerprint density at radius 3 is 2.20 bits per heavy atom. The standard InChI is InChI=1S/C29H45N5O6S/c1-3-24(30-29(38)33-18-13-22(14-19-33)20-32-15-5-4-6-16-32)26(28(36)37)31-27(35)25-8-7-17-34(25)41(39,40)23-11-9-21(2)10-12-23/h9-12,22,24-26H,3-8,13-20H2,1-2H3,(H,30,38)(H,31,35)(H,36,37)/t24?,25-,26-/m0/s1. The number of carboxylic acids is 1. The molecule has 41 heavy (non-hydrogen) atoms. The summed E-state index contributed by atoms with van der Waals surface area (Å²) in [6.07, 6.45) is 6.69. The smallest absolute Gasteiger partial charge is 0.328 e. The van der Waals surface area contributed by atoms with Crippen LogP contribution in [-0.2, 0) is 19.6 Å². The quantitative estimate of drug-likeness (QED) is 0.380. The van der Waals surface area contributed by atoms with E-state index in [0.29, 0.717) is 31.8 Å². The molecule has 3 amide bonds. The number of benzene rings is 1. The van der Waals surface area contributed by atoms with Crippen LogP contribution in [0.1, 0.15) is 63.9 Å². The molecule has 0 bridgehead atoms. The Balaban J connectivity index is 1.34. The van der Waals surface area contributed by atoms with Gasteiger partial charge in [0.1, 0.15) is 12.1 Å². The van der Waals surface area contributed by atoms with E-state index < -0.39 is 40.0 Å². The summed E-state index contributed by atoms with van der Waals surface area (Å²) < 4.78 is 27.7. The van der Waals surface area contributed by atoms with Crippen molar-refractivity contribution in [1.82, 2.24) is 24.7 Å². The lowest BCUT2D eigenvalue weighted by atomic mass is 9.95. The number of nitrogens with one attached hydrogen (secondary N) is 2. The highest BCUT2D eigenvalue weighted by Gasteiger charge is 2.42. The first kappa shape index (κ1) is 31.2. The van der Waals surface area contributed by atoms with Crippen molar-refractivity contribution in [2.75, 3.05) is 39.3 Å². The Morgan fingerprint density at radius 1 is 0.927 bits per heavy atom. The number of aryl methyl sites for hydroxylation is 1. The number of hydrogen-bond acceptors (Lipinski definition) is 6. The van der Waals surface area contributed by atoms with E-state index in [1.807, 2.05) is 6.92 Å². The number of carbonyl (C=O) groups excluding carboxylic acids is 2. The predicted octanol–water partition coefficient (Wildman–Crippen LogP) is 2.40. The predicted molar refractivity (Wildman–Crippen MR) is 155 cm³/mol. The molecule has 0 aliphatic carbocycles. The summed E-state index contributed by atoms with van der Waals surface area (Å²) in [5.41, 5.74) is 0.915. The van der Waals surface area contributed by atoms with Gasteiger partial charge < -0.3 is 25.5 Å². The fourth-order valence-corrected chi connectivity index (χ4v) is 7.87. The number of carboxylic acid groups (broad SMARTS) is 1. The maximum atomic E-state index is 13.3. The Kier molecular flexibility index (Phi) is 10.6. The van der Waals surface area contributed by atoms with Crippen LogP contribution in [-0.4, -0.2) is 103 Å². The number of amides is 3. The lowest BCUT2D eigenvalue weighted by Gasteiger charge is -2.37. The molecule has 0 saturated carbocycles. The highest BCUT2D eigenvalue weighted by molar-refractivity contribution is 7.89. The molecule has 12 heteroatoms. The number of likely N-dealkylation sites (tertiary alicyclic amines) is 2. The topological polar surface area (TPSA) is 139 Å². The van der Waals surface area contributed by atoms with Gasteiger partial charge in [-0.3, -0.25) is 4.79 Å². The second-order valence-corrected chi connectivity index (χ2v) is 13.6. The first-order chi connectivity index (χ1) is 19.6. The van der Waals surface area contributed by atoms with E-state index in [1.54, 1.807) is 24.0 Å². The number of nitrogens with zero attached hydrogens (tertiary/aromatic N) is 3. The molecule has 3 atom stereocenters. The molecule has 3 aliphatic rings. The summed E-state index contributed by atoms with van der Waals surface area (Å²) in [5.74, 6) is -1.40. The second kappa shape index (κ2) is 14.0. The maximum absolute atomic E-state index is 13.3. The van der Waals surface area contributed by atoms with E-state index in [1.165, 1.54) is 31.4 Å². The van der Waals surface area contributed by atoms with Crippen molar-refractivity contribution in [1.29, 1.82) is 0 Å². The van der Waals surface area contributed by atoms with Crippen LogP contribution in [0.5, 0.6) is 0 Å². The molecule has 1 aromatic carbocycles. The number of sulfonamides is 1. The van der Waals surface area contributed by atoms with Crippen LogP contribution in [0, 0.1) is 12.8 Å². The lowest BCUT2D eigenvalue weighted by molar-refractivity contribution is -0.143. The van der Waals surface area contributed by atoms with Crippen molar-refractivity contribution in [3.8, 4) is 0 Å². The van der Waals surface area contributed by atoms with Crippen LogP contribution in [0.15, 0.2) is 29.2 Å². The summed E-state index contributed by atoms with van der Waals surface area (Å²) in [4.78, 5) is 43.0. The molecule has 3 fully saturated rings. The molecule has 3 heterocycles. The molecule has 3 saturated heterocycles. The zero-order chi connectivity index (χ0) is 29.6. The number of aliphatic carboxylic acids is 1. The molecular formula is C29H45N5O6S. The summed E-state index contributed by atoms with van der Waals surface area (Å²) >= 11 is 0. The van der Waals surface area contributed by atoms with Gasteiger partial charge in [0.05, 0.1) is 10.9 Å². The molecular weight excluding hydrogens is 546 g/mol. The van der Waals surface area contributed by atoms with Crippen molar-refractivity contribution in [3.63, 3.8) is 0 Å². The third-order valence-corrected chi connectivity index (χ3v) is 10.6. The first-order valence-electron chi connectivity index (χ1n) is 15.0. The van der Waals surface area contributed by atoms with E-state index >= 15 is 0 Å². The molecule has 1 unspecified atom stereocenters. The number of carbonyl (C=O) groups is 3. The molecule has 3 N–H and O–H groups in total. The average Bonchev–Trinajstić information content (AvgIpc) is 3.47. The Labute approximate surface area is 243 Å². The van der Waals surface area contributed by atoms with Crippen molar-refractivity contribution >= 4 is 27.9 Å². The van der Waals surface area contributed by atoms with E-state index in [4.69, 9.17) is 0 Å². The minimum Gasteiger partial charge on any atom is -0.480 e. The molecule has 11 nitrogen and oxygen atoms in total. The van der Waals surface area contributed by atoms with Gasteiger partial charge in [0.25, 0.3) is 0 Å². The number of rotatable bonds is 10. The van der Waals surface area contributed by atoms with Gasteiger partial charge in [-0.15, -0.1) is 0 Å². The van der Waals surface area contributed by atoms with Gasteiger partial charge >= 0.3 is 12.0 Å². The van der Waals surface area contributed by atoms with E-state index in [-0.39, 0.29) is 23.9 Å². The minimum atomic E-state index is -3.93. The Morgan fingerprint density at radius 2 is 1.59 bits per heavy atom. The van der Waals surface area contributed by atoms with Crippen LogP contribution in [0.3, 0.4) is 0 Å². The number of piperidine rings is 2. The largest absolute Gasteiger partial charge is 0.480 e. The Hall–Kier alpha value is -2.70. The van der Waals surface area contributed by atoms with Crippen molar-refractivity contribution < 1.29 is 27.9 Å². The minimum absolute atomic E-state index is 0.0935. The maximum Gasteiger partial charge on any atom is 0.328 e. The molecule has 3 aliphatic heterocycles. The number of hydrogen-bond donors (Lipinski definition) is 3. The average molecular weight is 592 g/mol. The molecule has 0 spiro atoms. The molecule has 1 aromatic rings. The molecule has 4 rings (SSSR count). The third kappa shape index (κ3) is 7.78. The third-order valence-electron chi connectivity index (χ3n) is 8.72. The van der Waals surface area contributed by atoms with Crippen molar-refractivity contribution in [2.45, 2.75) is 88.2 Å². The monoisotopic (exact) mass is 591 g/mol. The van der Waals surface area contributed by atoms with E-state index in [9.17, 15) is 27.9 Å². The SMILES string of the molecule is CCC(NC(=O)N1CCC(CN2CCCCC2)CC1)[C@H](NC(=O)[C@@H]1CCCN1S(=O)(=O)c1ccc(C)cc1)C(=O)O.